The molecule has 20 heavy (non-hydrogen) atoms. The highest BCUT2D eigenvalue weighted by atomic mass is 16.5. The van der Waals surface area contributed by atoms with Crippen molar-refractivity contribution in [3.63, 3.8) is 0 Å². The highest BCUT2D eigenvalue weighted by Gasteiger charge is 2.33. The van der Waals surface area contributed by atoms with Gasteiger partial charge in [-0.3, -0.25) is 9.59 Å². The molecule has 1 aromatic rings. The molecule has 5 nitrogen and oxygen atoms in total. The van der Waals surface area contributed by atoms with E-state index in [4.69, 9.17) is 9.15 Å². The van der Waals surface area contributed by atoms with E-state index in [0.29, 0.717) is 43.0 Å². The van der Waals surface area contributed by atoms with Crippen LogP contribution in [0.3, 0.4) is 0 Å². The largest absolute Gasteiger partial charge is 0.468 e. The maximum Gasteiger partial charge on any atom is 0.257 e. The number of rotatable bonds is 3. The normalized spacial score (nSPS) is 22.1. The number of hydrogen-bond acceptors (Lipinski definition) is 4. The molecule has 108 valence electrons. The van der Waals surface area contributed by atoms with E-state index in [0.717, 1.165) is 19.3 Å². The number of hydrogen-bond donors (Lipinski definition) is 0. The minimum Gasteiger partial charge on any atom is -0.468 e. The number of ketones is 1. The van der Waals surface area contributed by atoms with Gasteiger partial charge in [-0.2, -0.15) is 0 Å². The quantitative estimate of drug-likeness (QED) is 0.848. The van der Waals surface area contributed by atoms with Gasteiger partial charge in [0.2, 0.25) is 0 Å². The summed E-state index contributed by atoms with van der Waals surface area (Å²) in [6.45, 7) is 3.89. The lowest BCUT2D eigenvalue weighted by Crippen LogP contribution is -2.31. The van der Waals surface area contributed by atoms with Gasteiger partial charge in [-0.05, 0) is 19.8 Å². The molecule has 2 aliphatic rings. The van der Waals surface area contributed by atoms with Crippen LogP contribution in [0.15, 0.2) is 10.7 Å². The first kappa shape index (κ1) is 13.4. The van der Waals surface area contributed by atoms with Crippen molar-refractivity contribution >= 4 is 11.7 Å². The smallest absolute Gasteiger partial charge is 0.257 e. The van der Waals surface area contributed by atoms with E-state index >= 15 is 0 Å². The Bertz CT molecular complexity index is 534. The van der Waals surface area contributed by atoms with Crippen LogP contribution in [0, 0.1) is 0 Å². The molecule has 1 amide bonds. The average Bonchev–Trinajstić information content (AvgIpc) is 3.06. The van der Waals surface area contributed by atoms with Crippen LogP contribution in [0.2, 0.25) is 0 Å². The van der Waals surface area contributed by atoms with Gasteiger partial charge >= 0.3 is 0 Å². The second-order valence-electron chi connectivity index (χ2n) is 5.34. The molecule has 1 aliphatic heterocycles. The molecule has 1 saturated heterocycles. The van der Waals surface area contributed by atoms with Crippen LogP contribution in [-0.2, 0) is 11.2 Å². The summed E-state index contributed by atoms with van der Waals surface area (Å²) in [4.78, 5) is 26.3. The number of carbonyl (C=O) groups is 2. The monoisotopic (exact) mass is 277 g/mol. The maximum atomic E-state index is 12.5. The number of likely N-dealkylation sites (tertiary alicyclic amines) is 1. The number of aryl methyl sites for hydroxylation is 1. The molecule has 1 aromatic heterocycles. The van der Waals surface area contributed by atoms with Crippen molar-refractivity contribution in [3.05, 3.63) is 23.2 Å². The number of Topliss-reactive ketones (excluding diaryl/α,β-unsaturated/α-hetero) is 1. The lowest BCUT2D eigenvalue weighted by atomic mass is 9.94. The molecule has 5 heteroatoms. The summed E-state index contributed by atoms with van der Waals surface area (Å²) in [7, 11) is 0. The number of fused-ring (bicyclic) bond motifs is 1. The molecule has 3 rings (SSSR count). The molecule has 0 radical (unpaired) electrons. The first-order valence-corrected chi connectivity index (χ1v) is 7.25. The van der Waals surface area contributed by atoms with Crippen molar-refractivity contribution < 1.29 is 18.7 Å². The topological polar surface area (TPSA) is 59.8 Å². The van der Waals surface area contributed by atoms with Gasteiger partial charge in [0.15, 0.2) is 5.78 Å². The Morgan fingerprint density at radius 3 is 3.15 bits per heavy atom. The van der Waals surface area contributed by atoms with Crippen LogP contribution in [0.1, 0.15) is 52.7 Å². The molecule has 0 bridgehead atoms. The minimum atomic E-state index is -0.104. The van der Waals surface area contributed by atoms with Crippen molar-refractivity contribution in [2.45, 2.75) is 38.7 Å². The van der Waals surface area contributed by atoms with Crippen LogP contribution in [0.4, 0.5) is 0 Å². The molecule has 1 aliphatic carbocycles. The molecule has 0 saturated carbocycles. The first-order valence-electron chi connectivity index (χ1n) is 7.25. The molecule has 0 N–H and O–H groups in total. The van der Waals surface area contributed by atoms with Gasteiger partial charge in [-0.1, -0.05) is 0 Å². The lowest BCUT2D eigenvalue weighted by molar-refractivity contribution is 0.0596. The van der Waals surface area contributed by atoms with E-state index in [1.54, 1.807) is 4.90 Å². The van der Waals surface area contributed by atoms with Crippen LogP contribution in [-0.4, -0.2) is 42.4 Å². The molecule has 1 fully saturated rings. The van der Waals surface area contributed by atoms with Crippen molar-refractivity contribution in [1.29, 1.82) is 0 Å². The zero-order valence-electron chi connectivity index (χ0n) is 11.7. The Hall–Kier alpha value is -1.62. The average molecular weight is 277 g/mol. The van der Waals surface area contributed by atoms with Crippen LogP contribution in [0.25, 0.3) is 0 Å². The summed E-state index contributed by atoms with van der Waals surface area (Å²) in [5.41, 5.74) is 0.947. The van der Waals surface area contributed by atoms with Gasteiger partial charge in [0, 0.05) is 32.5 Å². The highest BCUT2D eigenvalue weighted by molar-refractivity contribution is 6.09. The highest BCUT2D eigenvalue weighted by Crippen LogP contribution is 2.28. The summed E-state index contributed by atoms with van der Waals surface area (Å²) < 4.78 is 11.0. The van der Waals surface area contributed by atoms with Gasteiger partial charge in [-0.25, -0.2) is 0 Å². The Balaban J connectivity index is 1.79. The van der Waals surface area contributed by atoms with Crippen LogP contribution >= 0.6 is 0 Å². The van der Waals surface area contributed by atoms with Gasteiger partial charge < -0.3 is 14.1 Å². The first-order chi connectivity index (χ1) is 9.70. The second-order valence-corrected chi connectivity index (χ2v) is 5.34. The Morgan fingerprint density at radius 1 is 1.50 bits per heavy atom. The van der Waals surface area contributed by atoms with Gasteiger partial charge in [0.25, 0.3) is 5.91 Å². The van der Waals surface area contributed by atoms with E-state index < -0.39 is 0 Å². The third-order valence-electron chi connectivity index (χ3n) is 4.02. The fourth-order valence-corrected chi connectivity index (χ4v) is 3.03. The zero-order chi connectivity index (χ0) is 14.1. The van der Waals surface area contributed by atoms with Crippen molar-refractivity contribution in [1.82, 2.24) is 4.90 Å². The fraction of sp³-hybridized carbons (Fsp3) is 0.600. The van der Waals surface area contributed by atoms with Gasteiger partial charge in [-0.15, -0.1) is 0 Å². The maximum absolute atomic E-state index is 12.5. The Kier molecular flexibility index (Phi) is 3.61. The molecular formula is C15H19NO4. The Labute approximate surface area is 117 Å². The minimum absolute atomic E-state index is 0.0314. The number of furan rings is 1. The Morgan fingerprint density at radius 2 is 2.35 bits per heavy atom. The van der Waals surface area contributed by atoms with Gasteiger partial charge in [0.1, 0.15) is 12.0 Å². The molecule has 0 spiro atoms. The third-order valence-corrected chi connectivity index (χ3v) is 4.02. The summed E-state index contributed by atoms with van der Waals surface area (Å²) in [5.74, 6) is 0.599. The molecule has 2 heterocycles. The lowest BCUT2D eigenvalue weighted by Gasteiger charge is -2.17. The van der Waals surface area contributed by atoms with Crippen molar-refractivity contribution in [2.75, 3.05) is 19.7 Å². The fourth-order valence-electron chi connectivity index (χ4n) is 3.03. The predicted octanol–water partition coefficient (Wildman–Crippen LogP) is 2.05. The van der Waals surface area contributed by atoms with E-state index in [9.17, 15) is 9.59 Å². The summed E-state index contributed by atoms with van der Waals surface area (Å²) in [6.07, 6.45) is 4.48. The van der Waals surface area contributed by atoms with Crippen molar-refractivity contribution in [3.8, 4) is 0 Å². The zero-order valence-corrected chi connectivity index (χ0v) is 11.7. The number of ether oxygens (including phenoxy) is 1. The van der Waals surface area contributed by atoms with E-state index in [-0.39, 0.29) is 17.8 Å². The molecule has 1 atom stereocenters. The SMILES string of the molecule is CCO[C@H]1CCN(C(=O)c2coc3c2C(=O)CCC3)C1. The van der Waals surface area contributed by atoms with Crippen LogP contribution in [0.5, 0.6) is 0 Å². The van der Waals surface area contributed by atoms with E-state index in [1.807, 2.05) is 6.92 Å². The van der Waals surface area contributed by atoms with E-state index in [2.05, 4.69) is 0 Å². The molecule has 0 aromatic carbocycles. The number of nitrogens with zero attached hydrogens (tertiary/aromatic N) is 1. The number of carbonyl (C=O) groups excluding carboxylic acids is 2. The van der Waals surface area contributed by atoms with Gasteiger partial charge in [0.05, 0.1) is 17.2 Å². The summed E-state index contributed by atoms with van der Waals surface area (Å²) >= 11 is 0. The molecular weight excluding hydrogens is 258 g/mol. The molecule has 0 unspecified atom stereocenters. The second kappa shape index (κ2) is 5.40. The van der Waals surface area contributed by atoms with Crippen LogP contribution < -0.4 is 0 Å². The summed E-state index contributed by atoms with van der Waals surface area (Å²) in [6, 6.07) is 0. The van der Waals surface area contributed by atoms with E-state index in [1.165, 1.54) is 6.26 Å². The number of amides is 1. The standard InChI is InChI=1S/C15H19NO4/c1-2-19-10-6-7-16(8-10)15(18)11-9-20-13-5-3-4-12(17)14(11)13/h9-10H,2-8H2,1H3/t10-/m0/s1. The predicted molar refractivity (Wildman–Crippen MR) is 71.9 cm³/mol. The third kappa shape index (κ3) is 2.26. The van der Waals surface area contributed by atoms with Crippen molar-refractivity contribution in [2.24, 2.45) is 0 Å². The summed E-state index contributed by atoms with van der Waals surface area (Å²) in [5, 5.41) is 0.